The summed E-state index contributed by atoms with van der Waals surface area (Å²) in [5.41, 5.74) is 0.353. The maximum Gasteiger partial charge on any atom is 0.416 e. The smallest absolute Gasteiger partial charge is 0.416 e. The topological polar surface area (TPSA) is 92.6 Å². The molecule has 37 heavy (non-hydrogen) atoms. The van der Waals surface area contributed by atoms with Crippen molar-refractivity contribution in [2.24, 2.45) is 0 Å². The third-order valence-electron chi connectivity index (χ3n) is 5.45. The number of hydrogen-bond acceptors (Lipinski definition) is 7. The number of carboxylic acid groups (broad SMARTS) is 1. The van der Waals surface area contributed by atoms with Gasteiger partial charge in [-0.2, -0.15) is 18.2 Å². The van der Waals surface area contributed by atoms with Crippen molar-refractivity contribution in [3.8, 4) is 11.5 Å². The maximum absolute atomic E-state index is 13.1. The van der Waals surface area contributed by atoms with Crippen LogP contribution in [0.25, 0.3) is 11.5 Å². The molecular weight excluding hydrogens is 507 g/mol. The Kier molecular flexibility index (Phi) is 7.74. The van der Waals surface area contributed by atoms with Crippen molar-refractivity contribution in [3.63, 3.8) is 0 Å². The zero-order valence-corrected chi connectivity index (χ0v) is 20.8. The summed E-state index contributed by atoms with van der Waals surface area (Å²) in [7, 11) is 0. The van der Waals surface area contributed by atoms with E-state index in [4.69, 9.17) is 8.94 Å². The van der Waals surface area contributed by atoms with Gasteiger partial charge in [0.25, 0.3) is 5.89 Å². The quantitative estimate of drug-likeness (QED) is 0.232. The molecule has 0 fully saturated rings. The van der Waals surface area contributed by atoms with Crippen LogP contribution in [0.1, 0.15) is 36.6 Å². The predicted octanol–water partition coefficient (Wildman–Crippen LogP) is 6.51. The Morgan fingerprint density at radius 3 is 2.43 bits per heavy atom. The summed E-state index contributed by atoms with van der Waals surface area (Å²) in [5.74, 6) is 0.142. The highest BCUT2D eigenvalue weighted by Gasteiger charge is 2.31. The first-order valence-electron chi connectivity index (χ1n) is 11.3. The average molecular weight is 532 g/mol. The number of aliphatic carboxylic acids is 1. The van der Waals surface area contributed by atoms with Gasteiger partial charge in [0.2, 0.25) is 0 Å². The fraction of sp³-hybridized carbons (Fsp3) is 0.269. The van der Waals surface area contributed by atoms with Gasteiger partial charge in [0, 0.05) is 17.0 Å². The lowest BCUT2D eigenvalue weighted by molar-refractivity contribution is -0.139. The number of thioether (sulfide) groups is 1. The number of aromatic nitrogens is 2. The lowest BCUT2D eigenvalue weighted by Crippen LogP contribution is -2.26. The van der Waals surface area contributed by atoms with Gasteiger partial charge in [-0.3, -0.25) is 9.69 Å². The second-order valence-electron chi connectivity index (χ2n) is 8.88. The number of carboxylic acids is 1. The van der Waals surface area contributed by atoms with Crippen molar-refractivity contribution >= 4 is 17.7 Å². The molecule has 0 spiro atoms. The van der Waals surface area contributed by atoms with Crippen molar-refractivity contribution in [1.82, 2.24) is 15.0 Å². The van der Waals surface area contributed by atoms with Crippen LogP contribution in [-0.2, 0) is 30.6 Å². The molecular formula is C26H24F3N3O4S. The SMILES string of the molecule is CC(C)(Sc1ccc(CN(Cc2noc(-c3cccc(C(F)(F)F)c3)n2)Cc2ccco2)cc1)C(=O)O. The van der Waals surface area contributed by atoms with Gasteiger partial charge in [-0.1, -0.05) is 23.4 Å². The van der Waals surface area contributed by atoms with Crippen LogP contribution in [0.3, 0.4) is 0 Å². The molecule has 0 radical (unpaired) electrons. The third kappa shape index (κ3) is 7.01. The lowest BCUT2D eigenvalue weighted by Gasteiger charge is -2.21. The number of rotatable bonds is 10. The molecule has 1 N–H and O–H groups in total. The second-order valence-corrected chi connectivity index (χ2v) is 10.6. The molecule has 4 rings (SSSR count). The molecule has 0 atom stereocenters. The minimum absolute atomic E-state index is 0.00136. The van der Waals surface area contributed by atoms with Crippen LogP contribution in [0.2, 0.25) is 0 Å². The Bertz CT molecular complexity index is 1340. The summed E-state index contributed by atoms with van der Waals surface area (Å²) in [6, 6.07) is 15.9. The molecule has 11 heteroatoms. The van der Waals surface area contributed by atoms with Crippen LogP contribution in [0.4, 0.5) is 13.2 Å². The highest BCUT2D eigenvalue weighted by molar-refractivity contribution is 8.01. The summed E-state index contributed by atoms with van der Waals surface area (Å²) in [6.07, 6.45) is -2.90. The van der Waals surface area contributed by atoms with Gasteiger partial charge in [-0.25, -0.2) is 0 Å². The van der Waals surface area contributed by atoms with E-state index in [0.717, 1.165) is 28.4 Å². The predicted molar refractivity (Wildman–Crippen MR) is 130 cm³/mol. The Morgan fingerprint density at radius 1 is 1.03 bits per heavy atom. The molecule has 2 aromatic carbocycles. The maximum atomic E-state index is 13.1. The van der Waals surface area contributed by atoms with Gasteiger partial charge in [-0.05, 0) is 61.9 Å². The van der Waals surface area contributed by atoms with E-state index in [9.17, 15) is 23.1 Å². The molecule has 0 bridgehead atoms. The van der Waals surface area contributed by atoms with Gasteiger partial charge in [0.15, 0.2) is 5.82 Å². The number of benzene rings is 2. The van der Waals surface area contributed by atoms with Crippen molar-refractivity contribution < 1.29 is 32.0 Å². The minimum atomic E-state index is -4.48. The largest absolute Gasteiger partial charge is 0.480 e. The van der Waals surface area contributed by atoms with Gasteiger partial charge in [0.05, 0.1) is 24.9 Å². The molecule has 2 aromatic heterocycles. The normalized spacial score (nSPS) is 12.3. The zero-order chi connectivity index (χ0) is 26.6. The first-order valence-corrected chi connectivity index (χ1v) is 12.1. The molecule has 0 aliphatic carbocycles. The number of furan rings is 1. The van der Waals surface area contributed by atoms with Crippen LogP contribution in [0, 0.1) is 0 Å². The molecule has 0 saturated carbocycles. The summed E-state index contributed by atoms with van der Waals surface area (Å²) in [5, 5.41) is 13.3. The first kappa shape index (κ1) is 26.5. The Labute approximate surface area is 215 Å². The van der Waals surface area contributed by atoms with E-state index in [-0.39, 0.29) is 18.0 Å². The van der Waals surface area contributed by atoms with Crippen LogP contribution in [-0.4, -0.2) is 30.9 Å². The molecule has 0 amide bonds. The number of halogens is 3. The van der Waals surface area contributed by atoms with E-state index in [1.807, 2.05) is 35.2 Å². The van der Waals surface area contributed by atoms with E-state index < -0.39 is 22.5 Å². The molecule has 4 aromatic rings. The van der Waals surface area contributed by atoms with Crippen LogP contribution >= 0.6 is 11.8 Å². The summed E-state index contributed by atoms with van der Waals surface area (Å²) in [6.45, 7) is 4.48. The second kappa shape index (κ2) is 10.8. The van der Waals surface area contributed by atoms with E-state index in [1.165, 1.54) is 23.9 Å². The standard InChI is InChI=1S/C26H24F3N3O4S/c1-25(2,24(33)34)37-21-10-8-17(9-11-21)14-32(15-20-7-4-12-35-20)16-22-30-23(36-31-22)18-5-3-6-19(13-18)26(27,28)29/h3-13H,14-16H2,1-2H3,(H,33,34). The fourth-order valence-corrected chi connectivity index (χ4v) is 4.46. The minimum Gasteiger partial charge on any atom is -0.480 e. The van der Waals surface area contributed by atoms with Gasteiger partial charge < -0.3 is 14.0 Å². The van der Waals surface area contributed by atoms with Crippen molar-refractivity contribution in [1.29, 1.82) is 0 Å². The van der Waals surface area contributed by atoms with Crippen molar-refractivity contribution in [2.45, 2.75) is 49.3 Å². The first-order chi connectivity index (χ1) is 17.5. The molecule has 0 aliphatic heterocycles. The van der Waals surface area contributed by atoms with Crippen LogP contribution < -0.4 is 0 Å². The molecule has 2 heterocycles. The zero-order valence-electron chi connectivity index (χ0n) is 20.0. The summed E-state index contributed by atoms with van der Waals surface area (Å²) < 4.78 is 49.0. The molecule has 0 unspecified atom stereocenters. The summed E-state index contributed by atoms with van der Waals surface area (Å²) >= 11 is 1.26. The van der Waals surface area contributed by atoms with Gasteiger partial charge in [0.1, 0.15) is 10.5 Å². The average Bonchev–Trinajstić information content (AvgIpc) is 3.52. The van der Waals surface area contributed by atoms with Crippen molar-refractivity contribution in [2.75, 3.05) is 0 Å². The van der Waals surface area contributed by atoms with Gasteiger partial charge >= 0.3 is 12.1 Å². The van der Waals surface area contributed by atoms with E-state index >= 15 is 0 Å². The third-order valence-corrected chi connectivity index (χ3v) is 6.64. The van der Waals surface area contributed by atoms with E-state index in [0.29, 0.717) is 18.9 Å². The number of alkyl halides is 3. The molecule has 7 nitrogen and oxygen atoms in total. The fourth-order valence-electron chi connectivity index (χ4n) is 3.51. The number of hydrogen-bond donors (Lipinski definition) is 1. The lowest BCUT2D eigenvalue weighted by atomic mass is 10.1. The Balaban J connectivity index is 1.50. The van der Waals surface area contributed by atoms with Crippen LogP contribution in [0.15, 0.2) is 80.8 Å². The molecule has 0 saturated heterocycles. The number of nitrogens with zero attached hydrogens (tertiary/aromatic N) is 3. The van der Waals surface area contributed by atoms with Crippen LogP contribution in [0.5, 0.6) is 0 Å². The number of carbonyl (C=O) groups is 1. The Hall–Kier alpha value is -3.57. The molecule has 0 aliphatic rings. The van der Waals surface area contributed by atoms with E-state index in [2.05, 4.69) is 10.1 Å². The highest BCUT2D eigenvalue weighted by Crippen LogP contribution is 2.33. The highest BCUT2D eigenvalue weighted by atomic mass is 32.2. The van der Waals surface area contributed by atoms with Crippen molar-refractivity contribution in [3.05, 3.63) is 89.6 Å². The summed E-state index contributed by atoms with van der Waals surface area (Å²) in [4.78, 5) is 18.6. The molecule has 194 valence electrons. The van der Waals surface area contributed by atoms with Gasteiger partial charge in [-0.15, -0.1) is 11.8 Å². The monoisotopic (exact) mass is 531 g/mol. The van der Waals surface area contributed by atoms with E-state index in [1.54, 1.807) is 26.2 Å². The Morgan fingerprint density at radius 2 is 1.78 bits per heavy atom.